The number of aromatic nitrogens is 3. The lowest BCUT2D eigenvalue weighted by Gasteiger charge is -2.05. The van der Waals surface area contributed by atoms with Crippen molar-refractivity contribution in [2.24, 2.45) is 0 Å². The second-order valence-corrected chi connectivity index (χ2v) is 4.41. The molecule has 0 saturated heterocycles. The molecular formula is C12H14N4O. The summed E-state index contributed by atoms with van der Waals surface area (Å²) >= 11 is 0. The summed E-state index contributed by atoms with van der Waals surface area (Å²) in [4.78, 5) is 8.96. The number of nitrogens with zero attached hydrogens (tertiary/aromatic N) is 3. The molecule has 0 amide bonds. The maximum absolute atomic E-state index is 5.98. The first-order valence-corrected chi connectivity index (χ1v) is 5.75. The van der Waals surface area contributed by atoms with Gasteiger partial charge in [-0.15, -0.1) is 0 Å². The van der Waals surface area contributed by atoms with Crippen LogP contribution in [0.3, 0.4) is 0 Å². The summed E-state index contributed by atoms with van der Waals surface area (Å²) in [5, 5.41) is 3.92. The fourth-order valence-corrected chi connectivity index (χ4v) is 2.38. The van der Waals surface area contributed by atoms with Gasteiger partial charge >= 0.3 is 0 Å². The van der Waals surface area contributed by atoms with Crippen LogP contribution < -0.4 is 5.73 Å². The molecule has 17 heavy (non-hydrogen) atoms. The van der Waals surface area contributed by atoms with Gasteiger partial charge in [0.2, 0.25) is 0 Å². The quantitative estimate of drug-likeness (QED) is 0.808. The molecule has 0 fully saturated rings. The smallest absolute Gasteiger partial charge is 0.167 e. The summed E-state index contributed by atoms with van der Waals surface area (Å²) < 4.78 is 5.14. The van der Waals surface area contributed by atoms with Gasteiger partial charge in [0.1, 0.15) is 11.6 Å². The largest absolute Gasteiger partial charge is 0.383 e. The standard InChI is InChI=1S/C12H14N4O/c1-6-10(7(2)17-16-6)12-14-9-5-3-4-8(9)11(13)15-12/h3-5H2,1-2H3,(H2,13,14,15). The minimum atomic E-state index is 0.600. The summed E-state index contributed by atoms with van der Waals surface area (Å²) in [6, 6.07) is 0. The Hall–Kier alpha value is -1.91. The molecule has 1 aliphatic carbocycles. The van der Waals surface area contributed by atoms with Crippen molar-refractivity contribution < 1.29 is 4.52 Å². The van der Waals surface area contributed by atoms with Gasteiger partial charge in [0, 0.05) is 11.3 Å². The van der Waals surface area contributed by atoms with Gasteiger partial charge in [-0.2, -0.15) is 0 Å². The van der Waals surface area contributed by atoms with Crippen LogP contribution in [0.15, 0.2) is 4.52 Å². The molecule has 88 valence electrons. The molecule has 1 aliphatic rings. The molecule has 0 saturated carbocycles. The number of anilines is 1. The number of aryl methyl sites for hydroxylation is 3. The Kier molecular flexibility index (Phi) is 2.14. The Bertz CT molecular complexity index is 569. The second-order valence-electron chi connectivity index (χ2n) is 4.41. The van der Waals surface area contributed by atoms with Crippen LogP contribution in [-0.4, -0.2) is 15.1 Å². The molecule has 0 spiro atoms. The van der Waals surface area contributed by atoms with Crippen LogP contribution in [0.4, 0.5) is 5.82 Å². The first kappa shape index (κ1) is 10.3. The van der Waals surface area contributed by atoms with Crippen molar-refractivity contribution in [2.75, 3.05) is 5.73 Å². The summed E-state index contributed by atoms with van der Waals surface area (Å²) in [6.45, 7) is 3.75. The first-order chi connectivity index (χ1) is 8.16. The number of nitrogen functional groups attached to an aromatic ring is 1. The highest BCUT2D eigenvalue weighted by Gasteiger charge is 2.21. The van der Waals surface area contributed by atoms with Crippen molar-refractivity contribution in [3.05, 3.63) is 22.7 Å². The molecule has 0 unspecified atom stereocenters. The molecule has 0 aromatic carbocycles. The molecule has 0 aliphatic heterocycles. The van der Waals surface area contributed by atoms with Gasteiger partial charge < -0.3 is 10.3 Å². The van der Waals surface area contributed by atoms with Crippen LogP contribution in [-0.2, 0) is 12.8 Å². The molecule has 0 bridgehead atoms. The molecule has 0 atom stereocenters. The lowest BCUT2D eigenvalue weighted by molar-refractivity contribution is 0.393. The summed E-state index contributed by atoms with van der Waals surface area (Å²) in [5.74, 6) is 1.97. The minimum Gasteiger partial charge on any atom is -0.383 e. The van der Waals surface area contributed by atoms with E-state index in [9.17, 15) is 0 Å². The van der Waals surface area contributed by atoms with E-state index in [4.69, 9.17) is 10.3 Å². The van der Waals surface area contributed by atoms with Gasteiger partial charge in [0.25, 0.3) is 0 Å². The van der Waals surface area contributed by atoms with Crippen molar-refractivity contribution in [1.82, 2.24) is 15.1 Å². The molecular weight excluding hydrogens is 216 g/mol. The monoisotopic (exact) mass is 230 g/mol. The van der Waals surface area contributed by atoms with Crippen LogP contribution >= 0.6 is 0 Å². The van der Waals surface area contributed by atoms with E-state index >= 15 is 0 Å². The number of rotatable bonds is 1. The SMILES string of the molecule is Cc1noc(C)c1-c1nc(N)c2c(n1)CCC2. The van der Waals surface area contributed by atoms with E-state index in [-0.39, 0.29) is 0 Å². The Labute approximate surface area is 99.1 Å². The fourth-order valence-electron chi connectivity index (χ4n) is 2.38. The average Bonchev–Trinajstić information content (AvgIpc) is 2.86. The first-order valence-electron chi connectivity index (χ1n) is 5.75. The Morgan fingerprint density at radius 1 is 1.18 bits per heavy atom. The zero-order valence-electron chi connectivity index (χ0n) is 9.95. The van der Waals surface area contributed by atoms with Crippen LogP contribution in [0.2, 0.25) is 0 Å². The van der Waals surface area contributed by atoms with Crippen molar-refractivity contribution >= 4 is 5.82 Å². The third kappa shape index (κ3) is 1.50. The zero-order valence-corrected chi connectivity index (χ0v) is 9.95. The molecule has 2 heterocycles. The molecule has 5 heteroatoms. The van der Waals surface area contributed by atoms with Gasteiger partial charge in [-0.1, -0.05) is 5.16 Å². The van der Waals surface area contributed by atoms with Crippen molar-refractivity contribution in [3.63, 3.8) is 0 Å². The molecule has 2 N–H and O–H groups in total. The van der Waals surface area contributed by atoms with E-state index < -0.39 is 0 Å². The van der Waals surface area contributed by atoms with E-state index in [1.807, 2.05) is 13.8 Å². The van der Waals surface area contributed by atoms with Gasteiger partial charge in [-0.25, -0.2) is 9.97 Å². The van der Waals surface area contributed by atoms with Crippen LogP contribution in [0.25, 0.3) is 11.4 Å². The zero-order chi connectivity index (χ0) is 12.0. The lowest BCUT2D eigenvalue weighted by atomic mass is 10.1. The summed E-state index contributed by atoms with van der Waals surface area (Å²) in [5.41, 5.74) is 9.84. The highest BCUT2D eigenvalue weighted by molar-refractivity contribution is 5.63. The molecule has 2 aromatic rings. The highest BCUT2D eigenvalue weighted by Crippen LogP contribution is 2.30. The van der Waals surface area contributed by atoms with Gasteiger partial charge in [0.05, 0.1) is 11.3 Å². The van der Waals surface area contributed by atoms with Crippen LogP contribution in [0.5, 0.6) is 0 Å². The van der Waals surface area contributed by atoms with Crippen LogP contribution in [0.1, 0.15) is 29.1 Å². The van der Waals surface area contributed by atoms with E-state index in [2.05, 4.69) is 15.1 Å². The topological polar surface area (TPSA) is 77.8 Å². The van der Waals surface area contributed by atoms with E-state index in [0.717, 1.165) is 47.5 Å². The van der Waals surface area contributed by atoms with Crippen molar-refractivity contribution in [3.8, 4) is 11.4 Å². The Balaban J connectivity index is 2.20. The Morgan fingerprint density at radius 3 is 2.71 bits per heavy atom. The molecule has 5 nitrogen and oxygen atoms in total. The normalized spacial score (nSPS) is 14.0. The predicted octanol–water partition coefficient (Wildman–Crippen LogP) is 1.82. The summed E-state index contributed by atoms with van der Waals surface area (Å²) in [6.07, 6.45) is 3.08. The summed E-state index contributed by atoms with van der Waals surface area (Å²) in [7, 11) is 0. The van der Waals surface area contributed by atoms with Gasteiger partial charge in [-0.3, -0.25) is 0 Å². The molecule has 3 rings (SSSR count). The van der Waals surface area contributed by atoms with Gasteiger partial charge in [-0.05, 0) is 33.1 Å². The maximum atomic E-state index is 5.98. The number of hydrogen-bond acceptors (Lipinski definition) is 5. The van der Waals surface area contributed by atoms with Crippen LogP contribution in [0, 0.1) is 13.8 Å². The average molecular weight is 230 g/mol. The predicted molar refractivity (Wildman–Crippen MR) is 63.4 cm³/mol. The van der Waals surface area contributed by atoms with Crippen molar-refractivity contribution in [2.45, 2.75) is 33.1 Å². The fraction of sp³-hybridized carbons (Fsp3) is 0.417. The number of nitrogens with two attached hydrogens (primary N) is 1. The number of hydrogen-bond donors (Lipinski definition) is 1. The minimum absolute atomic E-state index is 0.600. The van der Waals surface area contributed by atoms with E-state index in [0.29, 0.717) is 11.6 Å². The van der Waals surface area contributed by atoms with E-state index in [1.165, 1.54) is 0 Å². The third-order valence-electron chi connectivity index (χ3n) is 3.22. The van der Waals surface area contributed by atoms with E-state index in [1.54, 1.807) is 0 Å². The third-order valence-corrected chi connectivity index (χ3v) is 3.22. The lowest BCUT2D eigenvalue weighted by Crippen LogP contribution is -2.03. The molecule has 2 aromatic heterocycles. The maximum Gasteiger partial charge on any atom is 0.167 e. The van der Waals surface area contributed by atoms with Crippen molar-refractivity contribution in [1.29, 1.82) is 0 Å². The molecule has 0 radical (unpaired) electrons. The van der Waals surface area contributed by atoms with Gasteiger partial charge in [0.15, 0.2) is 5.82 Å². The highest BCUT2D eigenvalue weighted by atomic mass is 16.5. The number of fused-ring (bicyclic) bond motifs is 1. The Morgan fingerprint density at radius 2 is 2.00 bits per heavy atom. The second kappa shape index (κ2) is 3.55.